The van der Waals surface area contributed by atoms with Crippen molar-refractivity contribution in [3.63, 3.8) is 0 Å². The maximum atomic E-state index is 12.9. The molecule has 2 aromatic carbocycles. The molecule has 0 atom stereocenters. The summed E-state index contributed by atoms with van der Waals surface area (Å²) >= 11 is 0. The van der Waals surface area contributed by atoms with Crippen molar-refractivity contribution >= 4 is 28.5 Å². The summed E-state index contributed by atoms with van der Waals surface area (Å²) in [5.41, 5.74) is 2.42. The predicted octanol–water partition coefficient (Wildman–Crippen LogP) is 3.76. The van der Waals surface area contributed by atoms with Crippen molar-refractivity contribution in [2.45, 2.75) is 27.3 Å². The van der Waals surface area contributed by atoms with Crippen molar-refractivity contribution < 1.29 is 14.3 Å². The second-order valence-corrected chi connectivity index (χ2v) is 6.43. The van der Waals surface area contributed by atoms with Crippen molar-refractivity contribution in [2.24, 2.45) is 0 Å². The Bertz CT molecular complexity index is 1100. The lowest BCUT2D eigenvalue weighted by Crippen LogP contribution is -2.24. The molecular weight excluding hydrogens is 356 g/mol. The molecule has 0 aliphatic rings. The van der Waals surface area contributed by atoms with Crippen LogP contribution < -0.4 is 10.7 Å². The molecule has 0 spiro atoms. The number of hydrogen-bond acceptors (Lipinski definition) is 4. The topological polar surface area (TPSA) is 77.4 Å². The van der Waals surface area contributed by atoms with E-state index >= 15 is 0 Å². The summed E-state index contributed by atoms with van der Waals surface area (Å²) in [6, 6.07) is 12.0. The Morgan fingerprint density at radius 3 is 2.43 bits per heavy atom. The molecule has 28 heavy (non-hydrogen) atoms. The van der Waals surface area contributed by atoms with Crippen LogP contribution in [0.25, 0.3) is 10.9 Å². The van der Waals surface area contributed by atoms with Crippen molar-refractivity contribution in [1.82, 2.24) is 4.57 Å². The number of benzene rings is 2. The highest BCUT2D eigenvalue weighted by atomic mass is 16.5. The zero-order chi connectivity index (χ0) is 20.3. The van der Waals surface area contributed by atoms with Gasteiger partial charge in [0.1, 0.15) is 5.56 Å². The molecule has 0 unspecified atom stereocenters. The highest BCUT2D eigenvalue weighted by molar-refractivity contribution is 6.06. The predicted molar refractivity (Wildman–Crippen MR) is 109 cm³/mol. The number of ether oxygens (including phenoxy) is 1. The highest BCUT2D eigenvalue weighted by Gasteiger charge is 2.16. The molecular formula is C22H22N2O4. The van der Waals surface area contributed by atoms with E-state index in [-0.39, 0.29) is 11.0 Å². The van der Waals surface area contributed by atoms with Crippen LogP contribution in [0.15, 0.2) is 53.5 Å². The van der Waals surface area contributed by atoms with E-state index in [2.05, 4.69) is 5.32 Å². The number of nitrogens with zero attached hydrogens (tertiary/aromatic N) is 1. The van der Waals surface area contributed by atoms with Crippen molar-refractivity contribution in [3.8, 4) is 0 Å². The van der Waals surface area contributed by atoms with Gasteiger partial charge < -0.3 is 14.6 Å². The van der Waals surface area contributed by atoms with Crippen LogP contribution in [0.3, 0.4) is 0 Å². The molecule has 1 aromatic heterocycles. The molecule has 3 aromatic rings. The summed E-state index contributed by atoms with van der Waals surface area (Å²) in [7, 11) is 0. The minimum atomic E-state index is -0.487. The molecule has 1 N–H and O–H groups in total. The van der Waals surface area contributed by atoms with E-state index in [0.29, 0.717) is 29.8 Å². The molecule has 6 heteroatoms. The molecule has 6 nitrogen and oxygen atoms in total. The number of esters is 1. The summed E-state index contributed by atoms with van der Waals surface area (Å²) in [5.74, 6) is -0.907. The van der Waals surface area contributed by atoms with E-state index in [1.54, 1.807) is 43.5 Å². The van der Waals surface area contributed by atoms with Crippen LogP contribution in [0.5, 0.6) is 0 Å². The fourth-order valence-corrected chi connectivity index (χ4v) is 3.04. The molecule has 0 fully saturated rings. The normalized spacial score (nSPS) is 10.7. The average molecular weight is 378 g/mol. The zero-order valence-corrected chi connectivity index (χ0v) is 16.1. The van der Waals surface area contributed by atoms with Crippen molar-refractivity contribution in [3.05, 3.63) is 75.6 Å². The van der Waals surface area contributed by atoms with Gasteiger partial charge in [-0.05, 0) is 57.2 Å². The van der Waals surface area contributed by atoms with Gasteiger partial charge in [-0.25, -0.2) is 4.79 Å². The first-order valence-corrected chi connectivity index (χ1v) is 9.17. The van der Waals surface area contributed by atoms with Gasteiger partial charge in [-0.15, -0.1) is 0 Å². The minimum absolute atomic E-state index is 0.0782. The van der Waals surface area contributed by atoms with Gasteiger partial charge in [0.05, 0.1) is 17.7 Å². The Balaban J connectivity index is 1.92. The molecule has 0 bridgehead atoms. The SMILES string of the molecule is CCOC(=O)c1ccc(NC(=O)c2cn(CC)c3ccc(C)cc3c2=O)cc1. The molecule has 0 saturated carbocycles. The van der Waals surface area contributed by atoms with E-state index in [9.17, 15) is 14.4 Å². The van der Waals surface area contributed by atoms with E-state index in [1.807, 2.05) is 30.5 Å². The maximum Gasteiger partial charge on any atom is 0.338 e. The molecule has 0 radical (unpaired) electrons. The van der Waals surface area contributed by atoms with Gasteiger partial charge in [-0.2, -0.15) is 0 Å². The third-order valence-corrected chi connectivity index (χ3v) is 4.47. The van der Waals surface area contributed by atoms with Crippen LogP contribution in [-0.4, -0.2) is 23.1 Å². The summed E-state index contributed by atoms with van der Waals surface area (Å²) in [4.78, 5) is 37.3. The number of pyridine rings is 1. The lowest BCUT2D eigenvalue weighted by molar-refractivity contribution is 0.0526. The fraction of sp³-hybridized carbons (Fsp3) is 0.227. The molecule has 0 saturated heterocycles. The van der Waals surface area contributed by atoms with Crippen LogP contribution in [0, 0.1) is 6.92 Å². The summed E-state index contributed by atoms with van der Waals surface area (Å²) in [5, 5.41) is 3.24. The van der Waals surface area contributed by atoms with Gasteiger partial charge >= 0.3 is 5.97 Å². The highest BCUT2D eigenvalue weighted by Crippen LogP contribution is 2.16. The molecule has 3 rings (SSSR count). The Labute approximate surface area is 162 Å². The molecule has 144 valence electrons. The number of carbonyl (C=O) groups excluding carboxylic acids is 2. The van der Waals surface area contributed by atoms with Crippen molar-refractivity contribution in [1.29, 1.82) is 0 Å². The summed E-state index contributed by atoms with van der Waals surface area (Å²) in [6.07, 6.45) is 1.59. The quantitative estimate of drug-likeness (QED) is 0.686. The number of aromatic nitrogens is 1. The van der Waals surface area contributed by atoms with E-state index in [1.165, 1.54) is 0 Å². The van der Waals surface area contributed by atoms with Crippen LogP contribution in [0.1, 0.15) is 40.1 Å². The van der Waals surface area contributed by atoms with E-state index < -0.39 is 11.9 Å². The number of hydrogen-bond donors (Lipinski definition) is 1. The van der Waals surface area contributed by atoms with Crippen LogP contribution in [0.4, 0.5) is 5.69 Å². The van der Waals surface area contributed by atoms with E-state index in [4.69, 9.17) is 4.74 Å². The summed E-state index contributed by atoms with van der Waals surface area (Å²) in [6.45, 7) is 6.53. The molecule has 0 aliphatic heterocycles. The number of fused-ring (bicyclic) bond motifs is 1. The Morgan fingerprint density at radius 1 is 1.07 bits per heavy atom. The number of rotatable bonds is 5. The number of carbonyl (C=O) groups is 2. The van der Waals surface area contributed by atoms with Crippen LogP contribution in [-0.2, 0) is 11.3 Å². The third kappa shape index (κ3) is 3.81. The van der Waals surface area contributed by atoms with Gasteiger partial charge in [0.15, 0.2) is 0 Å². The first-order valence-electron chi connectivity index (χ1n) is 9.17. The number of aryl methyl sites for hydroxylation is 2. The Hall–Kier alpha value is -3.41. The lowest BCUT2D eigenvalue weighted by Gasteiger charge is -2.12. The largest absolute Gasteiger partial charge is 0.462 e. The number of nitrogens with one attached hydrogen (secondary N) is 1. The molecule has 0 aliphatic carbocycles. The zero-order valence-electron chi connectivity index (χ0n) is 16.1. The van der Waals surface area contributed by atoms with Crippen LogP contribution >= 0.6 is 0 Å². The second-order valence-electron chi connectivity index (χ2n) is 6.43. The lowest BCUT2D eigenvalue weighted by atomic mass is 10.1. The first kappa shape index (κ1) is 19.4. The smallest absolute Gasteiger partial charge is 0.338 e. The first-order chi connectivity index (χ1) is 13.4. The second kappa shape index (κ2) is 8.08. The minimum Gasteiger partial charge on any atom is -0.462 e. The van der Waals surface area contributed by atoms with E-state index in [0.717, 1.165) is 11.1 Å². The third-order valence-electron chi connectivity index (χ3n) is 4.47. The number of anilines is 1. The van der Waals surface area contributed by atoms with Gasteiger partial charge in [0.25, 0.3) is 5.91 Å². The van der Waals surface area contributed by atoms with Gasteiger partial charge in [-0.3, -0.25) is 9.59 Å². The van der Waals surface area contributed by atoms with Crippen LogP contribution in [0.2, 0.25) is 0 Å². The average Bonchev–Trinajstić information content (AvgIpc) is 2.69. The van der Waals surface area contributed by atoms with Gasteiger partial charge in [0.2, 0.25) is 5.43 Å². The standard InChI is InChI=1S/C22H22N2O4/c1-4-24-13-18(20(25)17-12-14(3)6-11-19(17)24)21(26)23-16-9-7-15(8-10-16)22(27)28-5-2/h6-13H,4-5H2,1-3H3,(H,23,26). The molecule has 1 amide bonds. The van der Waals surface area contributed by atoms with Crippen molar-refractivity contribution in [2.75, 3.05) is 11.9 Å². The fourth-order valence-electron chi connectivity index (χ4n) is 3.04. The molecule has 1 heterocycles. The Kier molecular flexibility index (Phi) is 5.59. The van der Waals surface area contributed by atoms with Gasteiger partial charge in [0, 0.05) is 23.8 Å². The maximum absolute atomic E-state index is 12.9. The number of amides is 1. The Morgan fingerprint density at radius 2 is 1.79 bits per heavy atom. The summed E-state index contributed by atoms with van der Waals surface area (Å²) < 4.78 is 6.82. The monoisotopic (exact) mass is 378 g/mol. The van der Waals surface area contributed by atoms with Gasteiger partial charge in [-0.1, -0.05) is 11.6 Å².